The molecule has 29 heavy (non-hydrogen) atoms. The minimum Gasteiger partial charge on any atom is -0.369 e. The Morgan fingerprint density at radius 2 is 1.93 bits per heavy atom. The van der Waals surface area contributed by atoms with Crippen molar-refractivity contribution in [2.45, 2.75) is 12.8 Å². The number of rotatable bonds is 7. The molecule has 3 aromatic rings. The van der Waals surface area contributed by atoms with Crippen molar-refractivity contribution in [3.05, 3.63) is 86.2 Å². The quantitative estimate of drug-likeness (QED) is 0.319. The number of nitro benzene ring substituents is 1. The van der Waals surface area contributed by atoms with Crippen LogP contribution in [0.25, 0.3) is 11.3 Å². The van der Waals surface area contributed by atoms with Gasteiger partial charge in [-0.25, -0.2) is 4.98 Å². The number of aromatic nitrogens is 2. The second kappa shape index (κ2) is 8.79. The monoisotopic (exact) mass is 393 g/mol. The van der Waals surface area contributed by atoms with E-state index < -0.39 is 10.8 Å². The summed E-state index contributed by atoms with van der Waals surface area (Å²) in [5.74, 6) is -0.377. The third kappa shape index (κ3) is 4.83. The number of nitrogens with two attached hydrogens (primary N) is 1. The molecule has 0 unspecified atom stereocenters. The molecule has 0 bridgehead atoms. The van der Waals surface area contributed by atoms with Crippen molar-refractivity contribution in [3.8, 4) is 11.3 Å². The van der Waals surface area contributed by atoms with E-state index in [1.54, 1.807) is 0 Å². The van der Waals surface area contributed by atoms with Crippen LogP contribution in [0.4, 0.5) is 11.6 Å². The zero-order valence-electron chi connectivity index (χ0n) is 15.4. The molecule has 9 heteroatoms. The number of nitrogen functional groups attached to an aromatic ring is 1. The number of hydrogen-bond acceptors (Lipinski definition) is 6. The second-order valence-electron chi connectivity index (χ2n) is 6.31. The molecule has 9 nitrogen and oxygen atoms in total. The van der Waals surface area contributed by atoms with E-state index in [1.165, 1.54) is 24.3 Å². The Morgan fingerprint density at radius 3 is 2.66 bits per heavy atom. The molecule has 0 aliphatic rings. The third-order valence-corrected chi connectivity index (χ3v) is 4.29. The van der Waals surface area contributed by atoms with E-state index in [1.807, 2.05) is 30.3 Å². The number of anilines is 1. The zero-order valence-corrected chi connectivity index (χ0v) is 15.4. The molecule has 0 saturated carbocycles. The number of nitrogens with one attached hydrogen (secondary N) is 2. The van der Waals surface area contributed by atoms with Crippen LogP contribution >= 0.6 is 0 Å². The van der Waals surface area contributed by atoms with Crippen molar-refractivity contribution in [1.82, 2.24) is 15.3 Å². The molecule has 1 amide bonds. The topological polar surface area (TPSA) is 144 Å². The van der Waals surface area contributed by atoms with Crippen LogP contribution in [0.15, 0.2) is 59.4 Å². The van der Waals surface area contributed by atoms with E-state index in [2.05, 4.69) is 15.3 Å². The molecule has 4 N–H and O–H groups in total. The molecule has 3 rings (SSSR count). The summed E-state index contributed by atoms with van der Waals surface area (Å²) in [6, 6.07) is 14.7. The number of hydrogen-bond donors (Lipinski definition) is 3. The van der Waals surface area contributed by atoms with E-state index in [-0.39, 0.29) is 22.8 Å². The predicted molar refractivity (Wildman–Crippen MR) is 108 cm³/mol. The fourth-order valence-electron chi connectivity index (χ4n) is 2.91. The van der Waals surface area contributed by atoms with Crippen LogP contribution < -0.4 is 16.6 Å². The van der Waals surface area contributed by atoms with Gasteiger partial charge in [0.15, 0.2) is 0 Å². The highest BCUT2D eigenvalue weighted by Gasteiger charge is 2.14. The molecule has 0 atom stereocenters. The molecule has 1 heterocycles. The predicted octanol–water partition coefficient (Wildman–Crippen LogP) is 2.29. The molecule has 148 valence electrons. The first-order chi connectivity index (χ1) is 14.0. The van der Waals surface area contributed by atoms with Crippen molar-refractivity contribution in [3.63, 3.8) is 0 Å². The van der Waals surface area contributed by atoms with Crippen LogP contribution in [0.3, 0.4) is 0 Å². The standard InChI is InChI=1S/C20H19N5O4/c21-20-23-17(13-6-2-1-3-7-13)16(19(27)24-20)10-5-11-22-18(26)14-8-4-9-15(12-14)25(28)29/h1-4,6-9,12H,5,10-11H2,(H,22,26)(H3,21,23,24,27). The smallest absolute Gasteiger partial charge is 0.270 e. The minimum absolute atomic E-state index is 0.0385. The maximum atomic E-state index is 12.4. The van der Waals surface area contributed by atoms with Gasteiger partial charge in [-0.1, -0.05) is 36.4 Å². The molecular weight excluding hydrogens is 374 g/mol. The lowest BCUT2D eigenvalue weighted by Gasteiger charge is -2.10. The van der Waals surface area contributed by atoms with Gasteiger partial charge in [0.05, 0.1) is 10.6 Å². The average molecular weight is 393 g/mol. The number of carbonyl (C=O) groups is 1. The summed E-state index contributed by atoms with van der Waals surface area (Å²) in [5, 5.41) is 13.5. The maximum absolute atomic E-state index is 12.4. The maximum Gasteiger partial charge on any atom is 0.270 e. The third-order valence-electron chi connectivity index (χ3n) is 4.29. The number of H-pyrrole nitrogens is 1. The van der Waals surface area contributed by atoms with Gasteiger partial charge in [-0.15, -0.1) is 0 Å². The van der Waals surface area contributed by atoms with Crippen LogP contribution in [0.1, 0.15) is 22.3 Å². The normalized spacial score (nSPS) is 10.5. The minimum atomic E-state index is -0.553. The molecule has 1 aromatic heterocycles. The Bertz CT molecular complexity index is 1100. The number of amides is 1. The van der Waals surface area contributed by atoms with Crippen molar-refractivity contribution >= 4 is 17.5 Å². The van der Waals surface area contributed by atoms with Gasteiger partial charge >= 0.3 is 0 Å². The Balaban J connectivity index is 1.67. The lowest BCUT2D eigenvalue weighted by atomic mass is 10.0. The molecular formula is C20H19N5O4. The first kappa shape index (κ1) is 19.7. The van der Waals surface area contributed by atoms with Gasteiger partial charge in [-0.2, -0.15) is 0 Å². The van der Waals surface area contributed by atoms with Gasteiger partial charge in [0.2, 0.25) is 5.95 Å². The SMILES string of the molecule is Nc1nc(-c2ccccc2)c(CCCNC(=O)c2cccc([N+](=O)[O-])c2)c(=O)[nH]1. The molecule has 2 aromatic carbocycles. The molecule has 0 fully saturated rings. The number of aromatic amines is 1. The highest BCUT2D eigenvalue weighted by Crippen LogP contribution is 2.20. The van der Waals surface area contributed by atoms with Gasteiger partial charge in [0.1, 0.15) is 0 Å². The molecule has 0 saturated heterocycles. The van der Waals surface area contributed by atoms with Crippen molar-refractivity contribution in [2.75, 3.05) is 12.3 Å². The summed E-state index contributed by atoms with van der Waals surface area (Å²) >= 11 is 0. The van der Waals surface area contributed by atoms with Gasteiger partial charge in [-0.05, 0) is 18.9 Å². The lowest BCUT2D eigenvalue weighted by molar-refractivity contribution is -0.384. The van der Waals surface area contributed by atoms with E-state index >= 15 is 0 Å². The fourth-order valence-corrected chi connectivity index (χ4v) is 2.91. The van der Waals surface area contributed by atoms with Crippen LogP contribution in [-0.2, 0) is 6.42 Å². The van der Waals surface area contributed by atoms with Crippen LogP contribution in [0.5, 0.6) is 0 Å². The van der Waals surface area contributed by atoms with Gasteiger partial charge < -0.3 is 11.1 Å². The van der Waals surface area contributed by atoms with Gasteiger partial charge in [0.25, 0.3) is 17.2 Å². The summed E-state index contributed by atoms with van der Waals surface area (Å²) < 4.78 is 0. The summed E-state index contributed by atoms with van der Waals surface area (Å²) in [4.78, 5) is 41.6. The van der Waals surface area contributed by atoms with E-state index in [0.717, 1.165) is 5.56 Å². The molecule has 0 spiro atoms. The van der Waals surface area contributed by atoms with Crippen LogP contribution in [0, 0.1) is 10.1 Å². The molecule has 0 aliphatic carbocycles. The van der Waals surface area contributed by atoms with Crippen LogP contribution in [0.2, 0.25) is 0 Å². The number of carbonyl (C=O) groups excluding carboxylic acids is 1. The number of nitrogens with zero attached hydrogens (tertiary/aromatic N) is 2. The summed E-state index contributed by atoms with van der Waals surface area (Å²) in [6.45, 7) is 0.291. The summed E-state index contributed by atoms with van der Waals surface area (Å²) in [6.07, 6.45) is 0.858. The van der Waals surface area contributed by atoms with E-state index in [9.17, 15) is 19.7 Å². The first-order valence-corrected chi connectivity index (χ1v) is 8.92. The Hall–Kier alpha value is -4.01. The number of nitro groups is 1. The first-order valence-electron chi connectivity index (χ1n) is 8.92. The lowest BCUT2D eigenvalue weighted by Crippen LogP contribution is -2.26. The number of non-ortho nitro benzene ring substituents is 1. The summed E-state index contributed by atoms with van der Waals surface area (Å²) in [7, 11) is 0. The van der Waals surface area contributed by atoms with Gasteiger partial charge in [0, 0.05) is 35.4 Å². The number of benzene rings is 2. The Morgan fingerprint density at radius 1 is 1.17 bits per heavy atom. The second-order valence-corrected chi connectivity index (χ2v) is 6.31. The Labute approximate surface area is 165 Å². The van der Waals surface area contributed by atoms with E-state index in [4.69, 9.17) is 5.73 Å². The highest BCUT2D eigenvalue weighted by molar-refractivity contribution is 5.94. The Kier molecular flexibility index (Phi) is 5.98. The van der Waals surface area contributed by atoms with Crippen molar-refractivity contribution in [2.24, 2.45) is 0 Å². The van der Waals surface area contributed by atoms with Crippen molar-refractivity contribution < 1.29 is 9.72 Å². The van der Waals surface area contributed by atoms with Crippen LogP contribution in [-0.4, -0.2) is 27.3 Å². The zero-order chi connectivity index (χ0) is 20.8. The summed E-state index contributed by atoms with van der Waals surface area (Å²) in [5.41, 5.74) is 7.20. The van der Waals surface area contributed by atoms with Crippen molar-refractivity contribution in [1.29, 1.82) is 0 Å². The largest absolute Gasteiger partial charge is 0.369 e. The van der Waals surface area contributed by atoms with Gasteiger partial charge in [-0.3, -0.25) is 24.7 Å². The average Bonchev–Trinajstić information content (AvgIpc) is 2.72. The van der Waals surface area contributed by atoms with E-state index in [0.29, 0.717) is 30.6 Å². The molecule has 0 aliphatic heterocycles. The highest BCUT2D eigenvalue weighted by atomic mass is 16.6. The fraction of sp³-hybridized carbons (Fsp3) is 0.150. The molecule has 0 radical (unpaired) electrons.